The van der Waals surface area contributed by atoms with Gasteiger partial charge in [0.1, 0.15) is 17.3 Å². The zero-order chi connectivity index (χ0) is 16.1. The lowest BCUT2D eigenvalue weighted by molar-refractivity contribution is -0.116. The summed E-state index contributed by atoms with van der Waals surface area (Å²) in [7, 11) is 0. The summed E-state index contributed by atoms with van der Waals surface area (Å²) in [6, 6.07) is 10.4. The Morgan fingerprint density at radius 3 is 2.55 bits per heavy atom. The van der Waals surface area contributed by atoms with Gasteiger partial charge >= 0.3 is 0 Å². The van der Waals surface area contributed by atoms with E-state index in [4.69, 9.17) is 0 Å². The lowest BCUT2D eigenvalue weighted by Crippen LogP contribution is -2.13. The van der Waals surface area contributed by atoms with Crippen molar-refractivity contribution < 1.29 is 19.1 Å². The molecule has 2 rings (SSSR count). The summed E-state index contributed by atoms with van der Waals surface area (Å²) in [6.07, 6.45) is 0.809. The van der Waals surface area contributed by atoms with Gasteiger partial charge in [0.05, 0.1) is 11.3 Å². The van der Waals surface area contributed by atoms with Gasteiger partial charge in [0, 0.05) is 6.42 Å². The minimum atomic E-state index is -0.589. The highest BCUT2D eigenvalue weighted by molar-refractivity contribution is 6.06. The summed E-state index contributed by atoms with van der Waals surface area (Å²) in [4.78, 5) is 22.9. The number of phenolic OH excluding ortho intramolecular Hbond substituents is 1. The van der Waals surface area contributed by atoms with Crippen LogP contribution >= 0.6 is 0 Å². The number of rotatable bonds is 5. The van der Waals surface area contributed by atoms with Crippen molar-refractivity contribution in [3.63, 3.8) is 0 Å². The van der Waals surface area contributed by atoms with E-state index in [2.05, 4.69) is 5.32 Å². The Morgan fingerprint density at radius 2 is 1.91 bits per heavy atom. The number of benzene rings is 2. The highest BCUT2D eigenvalue weighted by Gasteiger charge is 2.13. The predicted molar refractivity (Wildman–Crippen MR) is 81.5 cm³/mol. The van der Waals surface area contributed by atoms with Crippen molar-refractivity contribution >= 4 is 17.4 Å². The molecule has 4 nitrogen and oxygen atoms in total. The number of hydrogen-bond acceptors (Lipinski definition) is 3. The van der Waals surface area contributed by atoms with Gasteiger partial charge in [-0.25, -0.2) is 4.39 Å². The first kappa shape index (κ1) is 15.7. The van der Waals surface area contributed by atoms with E-state index in [1.54, 1.807) is 18.2 Å². The largest absolute Gasteiger partial charge is 0.507 e. The van der Waals surface area contributed by atoms with Gasteiger partial charge in [-0.05, 0) is 43.2 Å². The van der Waals surface area contributed by atoms with E-state index in [0.717, 1.165) is 0 Å². The zero-order valence-electron chi connectivity index (χ0n) is 12.1. The molecule has 0 aliphatic heterocycles. The predicted octanol–water partition coefficient (Wildman–Crippen LogP) is 3.31. The van der Waals surface area contributed by atoms with Crippen LogP contribution in [0.15, 0.2) is 42.5 Å². The summed E-state index contributed by atoms with van der Waals surface area (Å²) in [6.45, 7) is 1.48. The Bertz CT molecular complexity index is 713. The first-order valence-corrected chi connectivity index (χ1v) is 6.84. The quantitative estimate of drug-likeness (QED) is 0.890. The van der Waals surface area contributed by atoms with Gasteiger partial charge in [-0.3, -0.25) is 4.79 Å². The molecule has 0 aliphatic carbocycles. The molecule has 0 unspecified atom stereocenters. The van der Waals surface area contributed by atoms with Crippen molar-refractivity contribution in [2.45, 2.75) is 19.8 Å². The molecular formula is C17H16FNO3. The second-order valence-electron chi connectivity index (χ2n) is 4.99. The first-order chi connectivity index (χ1) is 10.5. The molecule has 0 saturated heterocycles. The van der Waals surface area contributed by atoms with Gasteiger partial charge < -0.3 is 15.2 Å². The molecule has 0 saturated carbocycles. The van der Waals surface area contributed by atoms with Crippen LogP contribution in [0, 0.1) is 5.82 Å². The van der Waals surface area contributed by atoms with E-state index in [1.807, 2.05) is 0 Å². The smallest absolute Gasteiger partial charge is 0.259 e. The number of para-hydroxylation sites is 1. The zero-order valence-corrected chi connectivity index (χ0v) is 12.1. The van der Waals surface area contributed by atoms with Crippen molar-refractivity contribution in [2.75, 3.05) is 5.32 Å². The van der Waals surface area contributed by atoms with Crippen LogP contribution in [0.5, 0.6) is 5.75 Å². The number of Topliss-reactive ketones (excluding diaryl/α,β-unsaturated/α-hetero) is 1. The van der Waals surface area contributed by atoms with Crippen LogP contribution < -0.4 is 5.32 Å². The second-order valence-corrected chi connectivity index (χ2v) is 4.99. The summed E-state index contributed by atoms with van der Waals surface area (Å²) in [5.74, 6) is -1.30. The van der Waals surface area contributed by atoms with E-state index in [-0.39, 0.29) is 22.8 Å². The van der Waals surface area contributed by atoms with Crippen molar-refractivity contribution in [2.24, 2.45) is 0 Å². The number of nitrogens with one attached hydrogen (secondary N) is 1. The standard InChI is InChI=1S/C17H16FNO3/c1-11(20)6-7-12-8-9-15(14(18)10-12)19-17(22)13-4-2-3-5-16(13)21/h2-5,8-10,21H,6-7H2,1H3,(H,19,22). The van der Waals surface area contributed by atoms with Crippen LogP contribution in [0.4, 0.5) is 10.1 Å². The third kappa shape index (κ3) is 3.91. The number of hydrogen-bond donors (Lipinski definition) is 2. The first-order valence-electron chi connectivity index (χ1n) is 6.84. The van der Waals surface area contributed by atoms with Gasteiger partial charge in [0.2, 0.25) is 0 Å². The number of phenols is 1. The fourth-order valence-electron chi connectivity index (χ4n) is 1.99. The lowest BCUT2D eigenvalue weighted by Gasteiger charge is -2.09. The Hall–Kier alpha value is -2.69. The third-order valence-corrected chi connectivity index (χ3v) is 3.20. The maximum absolute atomic E-state index is 14.0. The van der Waals surface area contributed by atoms with Crippen molar-refractivity contribution in [3.05, 3.63) is 59.4 Å². The SMILES string of the molecule is CC(=O)CCc1ccc(NC(=O)c2ccccc2O)c(F)c1. The maximum atomic E-state index is 14.0. The molecule has 0 aliphatic rings. The van der Waals surface area contributed by atoms with Crippen LogP contribution in [0.25, 0.3) is 0 Å². The number of aryl methyl sites for hydroxylation is 1. The van der Waals surface area contributed by atoms with Gasteiger partial charge in [0.25, 0.3) is 5.91 Å². The van der Waals surface area contributed by atoms with E-state index in [0.29, 0.717) is 18.4 Å². The fraction of sp³-hybridized carbons (Fsp3) is 0.176. The number of carbonyl (C=O) groups is 2. The molecule has 0 bridgehead atoms. The van der Waals surface area contributed by atoms with Crippen molar-refractivity contribution in [1.82, 2.24) is 0 Å². The molecule has 0 heterocycles. The molecule has 0 radical (unpaired) electrons. The van der Waals surface area contributed by atoms with Gasteiger partial charge in [-0.1, -0.05) is 18.2 Å². The highest BCUT2D eigenvalue weighted by atomic mass is 19.1. The number of carbonyl (C=O) groups excluding carboxylic acids is 2. The molecule has 5 heteroatoms. The highest BCUT2D eigenvalue weighted by Crippen LogP contribution is 2.21. The monoisotopic (exact) mass is 301 g/mol. The summed E-state index contributed by atoms with van der Waals surface area (Å²) >= 11 is 0. The Kier molecular flexibility index (Phi) is 4.88. The Labute approximate surface area is 127 Å². The van der Waals surface area contributed by atoms with E-state index >= 15 is 0 Å². The molecule has 0 spiro atoms. The molecule has 0 atom stereocenters. The fourth-order valence-corrected chi connectivity index (χ4v) is 1.99. The maximum Gasteiger partial charge on any atom is 0.259 e. The molecule has 1 amide bonds. The average Bonchev–Trinajstić information content (AvgIpc) is 2.48. The van der Waals surface area contributed by atoms with Crippen LogP contribution in [0.2, 0.25) is 0 Å². The topological polar surface area (TPSA) is 66.4 Å². The summed E-state index contributed by atoms with van der Waals surface area (Å²) in [5.41, 5.74) is 0.788. The second kappa shape index (κ2) is 6.85. The van der Waals surface area contributed by atoms with E-state index in [9.17, 15) is 19.1 Å². The number of amides is 1. The minimum Gasteiger partial charge on any atom is -0.507 e. The molecule has 2 aromatic carbocycles. The van der Waals surface area contributed by atoms with Crippen LogP contribution in [-0.2, 0) is 11.2 Å². The molecule has 0 fully saturated rings. The van der Waals surface area contributed by atoms with Crippen molar-refractivity contribution in [1.29, 1.82) is 0 Å². The van der Waals surface area contributed by atoms with Gasteiger partial charge in [-0.2, -0.15) is 0 Å². The molecule has 22 heavy (non-hydrogen) atoms. The summed E-state index contributed by atoms with van der Waals surface area (Å²) < 4.78 is 14.0. The van der Waals surface area contributed by atoms with E-state index in [1.165, 1.54) is 31.2 Å². The number of aromatic hydroxyl groups is 1. The van der Waals surface area contributed by atoms with Gasteiger partial charge in [0.15, 0.2) is 0 Å². The third-order valence-electron chi connectivity index (χ3n) is 3.20. The molecule has 0 aromatic heterocycles. The number of anilines is 1. The Morgan fingerprint density at radius 1 is 1.18 bits per heavy atom. The summed E-state index contributed by atoms with van der Waals surface area (Å²) in [5, 5.41) is 12.0. The van der Waals surface area contributed by atoms with Crippen LogP contribution in [0.1, 0.15) is 29.3 Å². The van der Waals surface area contributed by atoms with Crippen LogP contribution in [-0.4, -0.2) is 16.8 Å². The normalized spacial score (nSPS) is 10.3. The van der Waals surface area contributed by atoms with Crippen LogP contribution in [0.3, 0.4) is 0 Å². The van der Waals surface area contributed by atoms with Gasteiger partial charge in [-0.15, -0.1) is 0 Å². The minimum absolute atomic E-state index is 0.0276. The molecular weight excluding hydrogens is 285 g/mol. The van der Waals surface area contributed by atoms with E-state index < -0.39 is 11.7 Å². The molecule has 2 aromatic rings. The number of halogens is 1. The lowest BCUT2D eigenvalue weighted by atomic mass is 10.1. The Balaban J connectivity index is 2.12. The number of ketones is 1. The average molecular weight is 301 g/mol. The molecule has 2 N–H and O–H groups in total. The van der Waals surface area contributed by atoms with Crippen molar-refractivity contribution in [3.8, 4) is 5.75 Å². The molecule has 114 valence electrons.